The molecule has 1 N–H and O–H groups in total. The molecule has 2 saturated heterocycles. The van der Waals surface area contributed by atoms with Gasteiger partial charge in [-0.25, -0.2) is 0 Å². The minimum atomic E-state index is 0. The van der Waals surface area contributed by atoms with Gasteiger partial charge in [0.25, 0.3) is 0 Å². The summed E-state index contributed by atoms with van der Waals surface area (Å²) >= 11 is 0. The van der Waals surface area contributed by atoms with Crippen LogP contribution in [0.4, 0.5) is 0 Å². The van der Waals surface area contributed by atoms with Crippen molar-refractivity contribution >= 4 is 35.8 Å². The lowest BCUT2D eigenvalue weighted by atomic mass is 10.2. The normalized spacial score (nSPS) is 18.6. The second kappa shape index (κ2) is 13.9. The summed E-state index contributed by atoms with van der Waals surface area (Å²) in [6.07, 6.45) is 1.08. The molecule has 2 fully saturated rings. The topological polar surface area (TPSA) is 54.4 Å². The molecule has 31 heavy (non-hydrogen) atoms. The molecule has 2 heterocycles. The van der Waals surface area contributed by atoms with Crippen LogP contribution in [0.1, 0.15) is 25.8 Å². The lowest BCUT2D eigenvalue weighted by molar-refractivity contribution is -0.130. The van der Waals surface area contributed by atoms with E-state index < -0.39 is 0 Å². The van der Waals surface area contributed by atoms with E-state index >= 15 is 0 Å². The zero-order chi connectivity index (χ0) is 21.2. The van der Waals surface area contributed by atoms with Crippen LogP contribution in [0.2, 0.25) is 0 Å². The van der Waals surface area contributed by atoms with Crippen molar-refractivity contribution in [1.82, 2.24) is 24.9 Å². The van der Waals surface area contributed by atoms with Crippen LogP contribution in [0.15, 0.2) is 35.3 Å². The van der Waals surface area contributed by atoms with Crippen LogP contribution in [0.25, 0.3) is 0 Å². The van der Waals surface area contributed by atoms with Crippen molar-refractivity contribution in [3.05, 3.63) is 35.9 Å². The number of nitrogens with one attached hydrogen (secondary N) is 1. The van der Waals surface area contributed by atoms with E-state index in [-0.39, 0.29) is 29.9 Å². The number of guanidine groups is 1. The van der Waals surface area contributed by atoms with Crippen LogP contribution in [-0.4, -0.2) is 103 Å². The Kier molecular flexibility index (Phi) is 11.6. The van der Waals surface area contributed by atoms with Gasteiger partial charge in [0.1, 0.15) is 0 Å². The highest BCUT2D eigenvalue weighted by Crippen LogP contribution is 2.09. The summed E-state index contributed by atoms with van der Waals surface area (Å²) in [7, 11) is 0. The molecular formula is C23H39IN6O. The Labute approximate surface area is 204 Å². The first-order chi connectivity index (χ1) is 14.7. The average Bonchev–Trinajstić information content (AvgIpc) is 2.78. The van der Waals surface area contributed by atoms with Crippen LogP contribution in [0.3, 0.4) is 0 Å². The Morgan fingerprint density at radius 1 is 0.935 bits per heavy atom. The molecule has 0 saturated carbocycles. The molecular weight excluding hydrogens is 503 g/mol. The number of carbonyl (C=O) groups is 1. The third-order valence-corrected chi connectivity index (χ3v) is 5.97. The summed E-state index contributed by atoms with van der Waals surface area (Å²) in [5.41, 5.74) is 1.40. The zero-order valence-electron chi connectivity index (χ0n) is 19.1. The minimum Gasteiger partial charge on any atom is -0.357 e. The molecule has 2 aliphatic heterocycles. The molecule has 0 aromatic heterocycles. The van der Waals surface area contributed by atoms with E-state index in [1.165, 1.54) is 5.56 Å². The van der Waals surface area contributed by atoms with Gasteiger partial charge in [-0.15, -0.1) is 24.0 Å². The maximum atomic E-state index is 11.5. The molecule has 7 nitrogen and oxygen atoms in total. The van der Waals surface area contributed by atoms with Crippen LogP contribution < -0.4 is 5.32 Å². The van der Waals surface area contributed by atoms with Crippen LogP contribution >= 0.6 is 24.0 Å². The molecule has 0 radical (unpaired) electrons. The fourth-order valence-corrected chi connectivity index (χ4v) is 4.15. The fourth-order valence-electron chi connectivity index (χ4n) is 4.15. The maximum Gasteiger partial charge on any atom is 0.219 e. The van der Waals surface area contributed by atoms with Gasteiger partial charge >= 0.3 is 0 Å². The Bertz CT molecular complexity index is 670. The van der Waals surface area contributed by atoms with E-state index in [1.54, 1.807) is 6.92 Å². The highest BCUT2D eigenvalue weighted by molar-refractivity contribution is 14.0. The van der Waals surface area contributed by atoms with Gasteiger partial charge in [0.05, 0.1) is 0 Å². The average molecular weight is 543 g/mol. The Balaban J connectivity index is 0.00000341. The number of aliphatic imine (C=N–C) groups is 1. The summed E-state index contributed by atoms with van der Waals surface area (Å²) in [5, 5.41) is 3.42. The van der Waals surface area contributed by atoms with Gasteiger partial charge in [-0.2, -0.15) is 0 Å². The number of hydrogen-bond acceptors (Lipinski definition) is 4. The summed E-state index contributed by atoms with van der Waals surface area (Å²) in [4.78, 5) is 25.7. The van der Waals surface area contributed by atoms with Crippen LogP contribution in [0, 0.1) is 0 Å². The van der Waals surface area contributed by atoms with Crippen LogP contribution in [0.5, 0.6) is 0 Å². The quantitative estimate of drug-likeness (QED) is 0.247. The first-order valence-corrected chi connectivity index (χ1v) is 11.4. The highest BCUT2D eigenvalue weighted by atomic mass is 127. The predicted molar refractivity (Wildman–Crippen MR) is 138 cm³/mol. The van der Waals surface area contributed by atoms with Gasteiger partial charge in [-0.1, -0.05) is 30.3 Å². The van der Waals surface area contributed by atoms with Gasteiger partial charge in [-0.05, 0) is 18.9 Å². The molecule has 8 heteroatoms. The second-order valence-corrected chi connectivity index (χ2v) is 8.19. The van der Waals surface area contributed by atoms with Crippen molar-refractivity contribution in [3.63, 3.8) is 0 Å². The van der Waals surface area contributed by atoms with E-state index in [2.05, 4.69) is 57.3 Å². The largest absolute Gasteiger partial charge is 0.357 e. The molecule has 0 unspecified atom stereocenters. The third kappa shape index (κ3) is 8.57. The van der Waals surface area contributed by atoms with E-state index in [1.807, 2.05) is 4.90 Å². The highest BCUT2D eigenvalue weighted by Gasteiger charge is 2.21. The van der Waals surface area contributed by atoms with E-state index in [9.17, 15) is 4.79 Å². The Morgan fingerprint density at radius 2 is 1.55 bits per heavy atom. The molecule has 0 bridgehead atoms. The van der Waals surface area contributed by atoms with E-state index in [0.29, 0.717) is 0 Å². The van der Waals surface area contributed by atoms with Crippen molar-refractivity contribution in [1.29, 1.82) is 0 Å². The molecule has 3 rings (SSSR count). The molecule has 174 valence electrons. The third-order valence-electron chi connectivity index (χ3n) is 5.97. The number of amides is 1. The summed E-state index contributed by atoms with van der Waals surface area (Å²) < 4.78 is 0. The van der Waals surface area contributed by atoms with E-state index in [0.717, 1.165) is 90.9 Å². The Hall–Kier alpha value is -1.39. The number of piperazine rings is 2. The van der Waals surface area contributed by atoms with Crippen molar-refractivity contribution < 1.29 is 4.79 Å². The van der Waals surface area contributed by atoms with Gasteiger partial charge in [0, 0.05) is 85.5 Å². The molecule has 1 aromatic rings. The number of halogens is 1. The molecule has 0 spiro atoms. The molecule has 2 aliphatic rings. The molecule has 0 atom stereocenters. The van der Waals surface area contributed by atoms with Crippen molar-refractivity contribution in [3.8, 4) is 0 Å². The van der Waals surface area contributed by atoms with E-state index in [4.69, 9.17) is 4.99 Å². The Morgan fingerprint density at radius 3 is 2.16 bits per heavy atom. The number of rotatable bonds is 7. The SMILES string of the molecule is CCNC(=NCCCN1CCN(Cc2ccccc2)CC1)N1CCN(C(C)=O)CC1.I. The summed E-state index contributed by atoms with van der Waals surface area (Å²) in [6, 6.07) is 10.8. The van der Waals surface area contributed by atoms with Crippen molar-refractivity contribution in [2.75, 3.05) is 72.0 Å². The van der Waals surface area contributed by atoms with Gasteiger partial charge in [-0.3, -0.25) is 14.7 Å². The standard InChI is InChI=1S/C23H38N6O.HI/c1-3-24-23(29-18-16-28(17-19-29)21(2)30)25-10-7-11-26-12-14-27(15-13-26)20-22-8-5-4-6-9-22;/h4-6,8-9H,3,7,10-20H2,1-2H3,(H,24,25);1H. The minimum absolute atomic E-state index is 0. The first-order valence-electron chi connectivity index (χ1n) is 11.4. The van der Waals surface area contributed by atoms with Gasteiger partial charge in [0.15, 0.2) is 5.96 Å². The number of benzene rings is 1. The number of hydrogen-bond donors (Lipinski definition) is 1. The molecule has 1 aromatic carbocycles. The summed E-state index contributed by atoms with van der Waals surface area (Å²) in [5.74, 6) is 1.16. The van der Waals surface area contributed by atoms with Gasteiger partial charge in [0.2, 0.25) is 5.91 Å². The fraction of sp³-hybridized carbons (Fsp3) is 0.652. The second-order valence-electron chi connectivity index (χ2n) is 8.19. The summed E-state index contributed by atoms with van der Waals surface area (Å²) in [6.45, 7) is 15.5. The van der Waals surface area contributed by atoms with Crippen LogP contribution in [-0.2, 0) is 11.3 Å². The van der Waals surface area contributed by atoms with Crippen molar-refractivity contribution in [2.45, 2.75) is 26.8 Å². The van der Waals surface area contributed by atoms with Gasteiger partial charge < -0.3 is 20.0 Å². The maximum absolute atomic E-state index is 11.5. The number of nitrogens with zero attached hydrogens (tertiary/aromatic N) is 5. The first kappa shape index (κ1) is 25.9. The zero-order valence-corrected chi connectivity index (χ0v) is 21.5. The lowest BCUT2D eigenvalue weighted by Gasteiger charge is -2.36. The number of carbonyl (C=O) groups excluding carboxylic acids is 1. The monoisotopic (exact) mass is 542 g/mol. The lowest BCUT2D eigenvalue weighted by Crippen LogP contribution is -2.53. The molecule has 1 amide bonds. The van der Waals surface area contributed by atoms with Crippen molar-refractivity contribution in [2.24, 2.45) is 4.99 Å². The molecule has 0 aliphatic carbocycles. The predicted octanol–water partition coefficient (Wildman–Crippen LogP) is 1.94. The smallest absolute Gasteiger partial charge is 0.219 e.